The molecule has 13 heteroatoms. The van der Waals surface area contributed by atoms with Crippen LogP contribution in [0.2, 0.25) is 0 Å². The number of benzene rings is 2. The highest BCUT2D eigenvalue weighted by atomic mass is 79.9. The van der Waals surface area contributed by atoms with Crippen LogP contribution in [-0.2, 0) is 37.1 Å². The molecule has 1 aromatic heterocycles. The fourth-order valence-electron chi connectivity index (χ4n) is 4.66. The topological polar surface area (TPSA) is 124 Å². The van der Waals surface area contributed by atoms with Crippen molar-refractivity contribution in [2.45, 2.75) is 52.1 Å². The van der Waals surface area contributed by atoms with Crippen LogP contribution < -0.4 is 0 Å². The van der Waals surface area contributed by atoms with Crippen LogP contribution in [-0.4, -0.2) is 57.3 Å². The van der Waals surface area contributed by atoms with Crippen LogP contribution in [0.3, 0.4) is 0 Å². The quantitative estimate of drug-likeness (QED) is 0.186. The molecule has 0 radical (unpaired) electrons. The third-order valence-electron chi connectivity index (χ3n) is 6.51. The normalized spacial score (nSPS) is 16.1. The number of unbranched alkanes of at least 4 members (excludes halogenated alkanes) is 1. The Bertz CT molecular complexity index is 1490. The second-order valence-electron chi connectivity index (χ2n) is 9.19. The molecule has 210 valence electrons. The lowest BCUT2D eigenvalue weighted by Crippen LogP contribution is -2.35. The molecule has 0 amide bonds. The van der Waals surface area contributed by atoms with Crippen molar-refractivity contribution in [3.63, 3.8) is 0 Å². The molecule has 39 heavy (non-hydrogen) atoms. The maximum absolute atomic E-state index is 14.9. The maximum Gasteiger partial charge on any atom is 0.388 e. The molecule has 2 heterocycles. The summed E-state index contributed by atoms with van der Waals surface area (Å²) in [6.07, 6.45) is 3.10. The molecule has 4 rings (SSSR count). The first-order chi connectivity index (χ1) is 18.6. The van der Waals surface area contributed by atoms with Crippen molar-refractivity contribution in [1.29, 1.82) is 0 Å². The lowest BCUT2D eigenvalue weighted by atomic mass is 9.85. The molecule has 1 N–H and O–H groups in total. The minimum atomic E-state index is -4.23. The Morgan fingerprint density at radius 3 is 2.79 bits per heavy atom. The van der Waals surface area contributed by atoms with Gasteiger partial charge in [-0.2, -0.15) is 12.7 Å². The lowest BCUT2D eigenvalue weighted by Gasteiger charge is -2.24. The van der Waals surface area contributed by atoms with Gasteiger partial charge in [-0.15, -0.1) is 5.10 Å². The number of nitrogens with zero attached hydrogens (tertiary/aromatic N) is 4. The van der Waals surface area contributed by atoms with Crippen molar-refractivity contribution in [2.75, 3.05) is 18.5 Å². The van der Waals surface area contributed by atoms with Crippen molar-refractivity contribution in [3.8, 4) is 0 Å². The predicted molar refractivity (Wildman–Crippen MR) is 146 cm³/mol. The second-order valence-corrected chi connectivity index (χ2v) is 11.5. The summed E-state index contributed by atoms with van der Waals surface area (Å²) in [7, 11) is -4.23. The highest BCUT2D eigenvalue weighted by Crippen LogP contribution is 2.35. The molecule has 0 fully saturated rings. The van der Waals surface area contributed by atoms with Crippen LogP contribution in [0.15, 0.2) is 42.4 Å². The van der Waals surface area contributed by atoms with Crippen LogP contribution in [0.25, 0.3) is 11.0 Å². The molecule has 0 aliphatic carbocycles. The number of esters is 1. The number of aromatic nitrogens is 3. The third-order valence-corrected chi connectivity index (χ3v) is 8.36. The second kappa shape index (κ2) is 12.4. The molecular weight excluding hydrogens is 595 g/mol. The molecular formula is C26H30BrFN4O6S. The van der Waals surface area contributed by atoms with Gasteiger partial charge in [-0.3, -0.25) is 4.79 Å². The van der Waals surface area contributed by atoms with E-state index < -0.39 is 34.0 Å². The number of aryl methyl sites for hydroxylation is 2. The molecule has 0 bridgehead atoms. The van der Waals surface area contributed by atoms with Gasteiger partial charge in [0.2, 0.25) is 0 Å². The summed E-state index contributed by atoms with van der Waals surface area (Å²) in [5.74, 6) is -2.31. The predicted octanol–water partition coefficient (Wildman–Crippen LogP) is 4.62. The Kier molecular flexibility index (Phi) is 9.23. The van der Waals surface area contributed by atoms with Gasteiger partial charge >= 0.3 is 16.3 Å². The molecule has 10 nitrogen and oxygen atoms in total. The summed E-state index contributed by atoms with van der Waals surface area (Å²) in [5, 5.41) is 19.0. The van der Waals surface area contributed by atoms with E-state index >= 15 is 0 Å². The summed E-state index contributed by atoms with van der Waals surface area (Å²) in [6.45, 7) is 4.21. The molecule has 0 spiro atoms. The fourth-order valence-corrected chi connectivity index (χ4v) is 6.01. The SMILES string of the molecule is CCOC(=O)CC(c1cc(F)cc(CN2CC=C(O)OS2(=O)=O)c1)c1ccc2c(nnn2CCCCBr)c1C. The summed E-state index contributed by atoms with van der Waals surface area (Å²) in [4.78, 5) is 12.6. The maximum atomic E-state index is 14.9. The lowest BCUT2D eigenvalue weighted by molar-refractivity contribution is -0.143. The first-order valence-corrected chi connectivity index (χ1v) is 15.0. The number of aliphatic hydroxyl groups is 1. The average molecular weight is 626 g/mol. The van der Waals surface area contributed by atoms with Crippen LogP contribution >= 0.6 is 15.9 Å². The van der Waals surface area contributed by atoms with Crippen LogP contribution in [0.1, 0.15) is 54.4 Å². The molecule has 1 aliphatic rings. The molecule has 0 saturated heterocycles. The summed E-state index contributed by atoms with van der Waals surface area (Å²) < 4.78 is 52.1. The van der Waals surface area contributed by atoms with Gasteiger partial charge < -0.3 is 14.0 Å². The van der Waals surface area contributed by atoms with Gasteiger partial charge in [-0.1, -0.05) is 33.3 Å². The number of ether oxygens (including phenoxy) is 1. The average Bonchev–Trinajstić information content (AvgIpc) is 3.28. The van der Waals surface area contributed by atoms with E-state index in [1.54, 1.807) is 13.0 Å². The Balaban J connectivity index is 1.72. The van der Waals surface area contributed by atoms with E-state index in [4.69, 9.17) is 4.74 Å². The zero-order chi connectivity index (χ0) is 28.2. The third kappa shape index (κ3) is 6.76. The number of fused-ring (bicyclic) bond motifs is 1. The van der Waals surface area contributed by atoms with E-state index in [9.17, 15) is 22.7 Å². The van der Waals surface area contributed by atoms with Gasteiger partial charge in [0.1, 0.15) is 11.3 Å². The van der Waals surface area contributed by atoms with Crippen molar-refractivity contribution in [1.82, 2.24) is 19.3 Å². The Morgan fingerprint density at radius 1 is 1.28 bits per heavy atom. The van der Waals surface area contributed by atoms with Gasteiger partial charge in [0.15, 0.2) is 0 Å². The Hall–Kier alpha value is -3.03. The molecule has 0 saturated carbocycles. The number of carbonyl (C=O) groups is 1. The van der Waals surface area contributed by atoms with E-state index in [0.29, 0.717) is 16.6 Å². The van der Waals surface area contributed by atoms with Gasteiger partial charge in [0.25, 0.3) is 5.95 Å². The minimum Gasteiger partial charge on any atom is -0.480 e. The van der Waals surface area contributed by atoms with Crippen molar-refractivity contribution >= 4 is 43.2 Å². The van der Waals surface area contributed by atoms with Gasteiger partial charge in [0.05, 0.1) is 18.5 Å². The van der Waals surface area contributed by atoms with Crippen LogP contribution in [0, 0.1) is 12.7 Å². The first-order valence-electron chi connectivity index (χ1n) is 12.5. The zero-order valence-corrected chi connectivity index (χ0v) is 24.0. The van der Waals surface area contributed by atoms with E-state index in [0.717, 1.165) is 45.7 Å². The van der Waals surface area contributed by atoms with Crippen LogP contribution in [0.4, 0.5) is 4.39 Å². The highest BCUT2D eigenvalue weighted by Gasteiger charge is 2.30. The highest BCUT2D eigenvalue weighted by molar-refractivity contribution is 9.09. The monoisotopic (exact) mass is 624 g/mol. The van der Waals surface area contributed by atoms with Gasteiger partial charge in [0, 0.05) is 37.0 Å². The number of rotatable bonds is 11. The van der Waals surface area contributed by atoms with E-state index in [2.05, 4.69) is 30.4 Å². The summed E-state index contributed by atoms with van der Waals surface area (Å²) in [6, 6.07) is 8.03. The fraction of sp³-hybridized carbons (Fsp3) is 0.423. The largest absolute Gasteiger partial charge is 0.480 e. The Morgan fingerprint density at radius 2 is 2.08 bits per heavy atom. The first kappa shape index (κ1) is 29.0. The van der Waals surface area contributed by atoms with Crippen molar-refractivity contribution in [3.05, 3.63) is 70.4 Å². The minimum absolute atomic E-state index is 0.0514. The number of hydrogen-bond acceptors (Lipinski definition) is 8. The number of aliphatic hydroxyl groups excluding tert-OH is 1. The molecule has 2 aromatic carbocycles. The van der Waals surface area contributed by atoms with E-state index in [1.165, 1.54) is 18.2 Å². The number of carbonyl (C=O) groups excluding carboxylic acids is 1. The van der Waals surface area contributed by atoms with Gasteiger partial charge in [-0.05, 0) is 67.1 Å². The van der Waals surface area contributed by atoms with Crippen molar-refractivity contribution < 1.29 is 31.6 Å². The molecule has 3 aromatic rings. The Labute approximate surface area is 234 Å². The summed E-state index contributed by atoms with van der Waals surface area (Å²) in [5.41, 5.74) is 3.98. The van der Waals surface area contributed by atoms with Crippen LogP contribution in [0.5, 0.6) is 0 Å². The molecule has 1 atom stereocenters. The molecule has 1 unspecified atom stereocenters. The smallest absolute Gasteiger partial charge is 0.388 e. The number of alkyl halides is 1. The zero-order valence-electron chi connectivity index (χ0n) is 21.6. The summed E-state index contributed by atoms with van der Waals surface area (Å²) >= 11 is 3.44. The molecule has 1 aliphatic heterocycles. The standard InChI is InChI=1S/C26H30BrFN4O6S/c1-3-37-25(34)15-22(21-6-7-23-26(17(21)2)29-30-32(23)10-5-4-9-27)19-12-18(13-20(28)14-19)16-31-11-8-24(33)38-39(31,35)36/h6-8,12-14,22,33H,3-5,9-11,15-16H2,1-2H3. The van der Waals surface area contributed by atoms with E-state index in [1.807, 2.05) is 23.7 Å². The van der Waals surface area contributed by atoms with E-state index in [-0.39, 0.29) is 26.1 Å². The van der Waals surface area contributed by atoms with Gasteiger partial charge in [-0.25, -0.2) is 9.07 Å². The number of halogens is 2. The number of hydrogen-bond donors (Lipinski definition) is 1. The van der Waals surface area contributed by atoms with Crippen molar-refractivity contribution in [2.24, 2.45) is 0 Å².